The molecule has 0 aromatic carbocycles. The van der Waals surface area contributed by atoms with E-state index in [0.717, 1.165) is 154 Å². The lowest BCUT2D eigenvalue weighted by molar-refractivity contribution is -0.167. The molecule has 0 aromatic heterocycles. The van der Waals surface area contributed by atoms with Crippen LogP contribution in [0, 0.1) is 0 Å². The third kappa shape index (κ3) is 56.6. The lowest BCUT2D eigenvalue weighted by atomic mass is 10.1. The van der Waals surface area contributed by atoms with Crippen LogP contribution in [0.25, 0.3) is 0 Å². The van der Waals surface area contributed by atoms with Gasteiger partial charge >= 0.3 is 17.9 Å². The second-order valence-corrected chi connectivity index (χ2v) is 18.8. The number of allylic oxidation sites excluding steroid dienone is 20. The zero-order valence-electron chi connectivity index (χ0n) is 45.9. The van der Waals surface area contributed by atoms with Gasteiger partial charge < -0.3 is 14.2 Å². The van der Waals surface area contributed by atoms with Crippen molar-refractivity contribution in [2.24, 2.45) is 0 Å². The summed E-state index contributed by atoms with van der Waals surface area (Å²) in [7, 11) is 0. The van der Waals surface area contributed by atoms with Crippen LogP contribution in [0.15, 0.2) is 122 Å². The van der Waals surface area contributed by atoms with E-state index >= 15 is 0 Å². The van der Waals surface area contributed by atoms with Crippen molar-refractivity contribution in [3.63, 3.8) is 0 Å². The summed E-state index contributed by atoms with van der Waals surface area (Å²) in [4.78, 5) is 38.2. The van der Waals surface area contributed by atoms with Gasteiger partial charge in [-0.05, 0) is 122 Å². The topological polar surface area (TPSA) is 78.9 Å². The molecule has 0 aliphatic rings. The smallest absolute Gasteiger partial charge is 0.306 e. The Hall–Kier alpha value is -4.19. The van der Waals surface area contributed by atoms with Crippen molar-refractivity contribution >= 4 is 17.9 Å². The lowest BCUT2D eigenvalue weighted by Gasteiger charge is -2.18. The number of esters is 3. The van der Waals surface area contributed by atoms with Crippen LogP contribution in [0.3, 0.4) is 0 Å². The molecule has 0 radical (unpaired) electrons. The van der Waals surface area contributed by atoms with Gasteiger partial charge in [0.15, 0.2) is 6.10 Å². The molecule has 6 heteroatoms. The molecule has 0 rings (SSSR count). The van der Waals surface area contributed by atoms with E-state index in [1.54, 1.807) is 0 Å². The average Bonchev–Trinajstić information content (AvgIpc) is 3.37. The van der Waals surface area contributed by atoms with Crippen LogP contribution in [0.5, 0.6) is 0 Å². The van der Waals surface area contributed by atoms with Gasteiger partial charge in [-0.25, -0.2) is 0 Å². The number of unbranched alkanes of at least 4 members (excludes halogenated alkanes) is 20. The van der Waals surface area contributed by atoms with E-state index in [1.807, 2.05) is 0 Å². The highest BCUT2D eigenvalue weighted by Gasteiger charge is 2.19. The summed E-state index contributed by atoms with van der Waals surface area (Å²) in [5.41, 5.74) is 0. The Morgan fingerprint density at radius 2 is 0.507 bits per heavy atom. The van der Waals surface area contributed by atoms with Gasteiger partial charge in [0.05, 0.1) is 0 Å². The molecule has 0 saturated carbocycles. The number of carbonyl (C=O) groups excluding carboxylic acids is 3. The highest BCUT2D eigenvalue weighted by molar-refractivity contribution is 5.71. The fourth-order valence-electron chi connectivity index (χ4n) is 7.70. The minimum atomic E-state index is -0.798. The molecule has 0 N–H and O–H groups in total. The Balaban J connectivity index is 4.44. The highest BCUT2D eigenvalue weighted by Crippen LogP contribution is 2.15. The molecule has 0 fully saturated rings. The van der Waals surface area contributed by atoms with Gasteiger partial charge in [-0.3, -0.25) is 14.4 Å². The Kier molecular flexibility index (Phi) is 54.9. The Labute approximate surface area is 437 Å². The number of hydrogen-bond acceptors (Lipinski definition) is 6. The Morgan fingerprint density at radius 1 is 0.282 bits per heavy atom. The predicted molar refractivity (Wildman–Crippen MR) is 306 cm³/mol. The van der Waals surface area contributed by atoms with E-state index in [9.17, 15) is 14.4 Å². The van der Waals surface area contributed by atoms with Crippen LogP contribution in [0.1, 0.15) is 252 Å². The van der Waals surface area contributed by atoms with Crippen molar-refractivity contribution in [3.05, 3.63) is 122 Å². The molecule has 1 unspecified atom stereocenters. The summed E-state index contributed by atoms with van der Waals surface area (Å²) < 4.78 is 16.9. The predicted octanol–water partition coefficient (Wildman–Crippen LogP) is 19.6. The molecule has 0 amide bonds. The molecular weight excluding hydrogens is 877 g/mol. The van der Waals surface area contributed by atoms with E-state index in [4.69, 9.17) is 14.2 Å². The number of rotatable bonds is 51. The second kappa shape index (κ2) is 58.4. The maximum Gasteiger partial charge on any atom is 0.306 e. The SMILES string of the molecule is CC/C=C\C/C=C\C/C=C\C/C=C\CCCCCCCCCCC(=O)OCC(COC(=O)CCCCCCC/C=C\C/C=C\C/C=C\CC)OC(=O)CCCCCCCCC/C=C\C/C=C\C/C=C\CC. The fourth-order valence-corrected chi connectivity index (χ4v) is 7.70. The Morgan fingerprint density at radius 3 is 0.789 bits per heavy atom. The van der Waals surface area contributed by atoms with Gasteiger partial charge in [-0.15, -0.1) is 0 Å². The first kappa shape index (κ1) is 66.8. The van der Waals surface area contributed by atoms with Gasteiger partial charge in [0.1, 0.15) is 13.2 Å². The third-order valence-electron chi connectivity index (χ3n) is 11.9. The highest BCUT2D eigenvalue weighted by atomic mass is 16.6. The Bertz CT molecular complexity index is 1500. The summed E-state index contributed by atoms with van der Waals surface area (Å²) in [5.74, 6) is -0.930. The van der Waals surface area contributed by atoms with Crippen LogP contribution in [-0.4, -0.2) is 37.2 Å². The molecule has 0 bridgehead atoms. The first-order chi connectivity index (χ1) is 35.0. The summed E-state index contributed by atoms with van der Waals surface area (Å²) in [6.07, 6.45) is 80.4. The molecule has 0 heterocycles. The third-order valence-corrected chi connectivity index (χ3v) is 11.9. The van der Waals surface area contributed by atoms with E-state index in [0.29, 0.717) is 19.3 Å². The normalized spacial score (nSPS) is 13.0. The van der Waals surface area contributed by atoms with E-state index in [-0.39, 0.29) is 31.1 Å². The van der Waals surface area contributed by atoms with Gasteiger partial charge in [0, 0.05) is 19.3 Å². The largest absolute Gasteiger partial charge is 0.462 e. The van der Waals surface area contributed by atoms with E-state index in [2.05, 4.69) is 142 Å². The summed E-state index contributed by atoms with van der Waals surface area (Å²) in [6, 6.07) is 0. The standard InChI is InChI=1S/C65H106O6/c1-4-7-10-13-16-19-22-25-28-30-31-32-33-35-37-40-43-46-49-52-55-58-64(67)70-61-62(60-69-63(66)57-54-51-48-45-42-39-36-27-24-21-18-15-12-9-6-3)71-65(68)59-56-53-50-47-44-41-38-34-29-26-23-20-17-14-11-8-5-2/h7-12,16-21,25-29,31-32,36,62H,4-6,13-15,22-24,30,33-35,37-61H2,1-3H3/b10-7-,11-8-,12-9-,19-16-,20-17-,21-18-,28-25-,29-26-,32-31-,36-27-. The minimum Gasteiger partial charge on any atom is -0.462 e. The maximum absolute atomic E-state index is 12.9. The van der Waals surface area contributed by atoms with Crippen LogP contribution in [0.2, 0.25) is 0 Å². The van der Waals surface area contributed by atoms with E-state index < -0.39 is 6.10 Å². The maximum atomic E-state index is 12.9. The van der Waals surface area contributed by atoms with E-state index in [1.165, 1.54) is 57.8 Å². The lowest BCUT2D eigenvalue weighted by Crippen LogP contribution is -2.30. The molecule has 0 aliphatic heterocycles. The minimum absolute atomic E-state index is 0.0949. The van der Waals surface area contributed by atoms with Crippen LogP contribution < -0.4 is 0 Å². The number of ether oxygens (including phenoxy) is 3. The zero-order chi connectivity index (χ0) is 51.4. The number of hydrogen-bond donors (Lipinski definition) is 0. The van der Waals surface area contributed by atoms with Gasteiger partial charge in [0.2, 0.25) is 0 Å². The zero-order valence-corrected chi connectivity index (χ0v) is 45.9. The molecule has 71 heavy (non-hydrogen) atoms. The first-order valence-corrected chi connectivity index (χ1v) is 29.0. The fraction of sp³-hybridized carbons (Fsp3) is 0.646. The van der Waals surface area contributed by atoms with Crippen molar-refractivity contribution in [1.82, 2.24) is 0 Å². The molecule has 6 nitrogen and oxygen atoms in total. The summed E-state index contributed by atoms with van der Waals surface area (Å²) in [5, 5.41) is 0. The molecule has 0 aliphatic carbocycles. The average molecular weight is 984 g/mol. The van der Waals surface area contributed by atoms with Crippen LogP contribution in [0.4, 0.5) is 0 Å². The summed E-state index contributed by atoms with van der Waals surface area (Å²) >= 11 is 0. The van der Waals surface area contributed by atoms with Crippen molar-refractivity contribution in [2.45, 2.75) is 258 Å². The molecular formula is C65H106O6. The van der Waals surface area contributed by atoms with Crippen molar-refractivity contribution < 1.29 is 28.6 Å². The van der Waals surface area contributed by atoms with Gasteiger partial charge in [-0.2, -0.15) is 0 Å². The summed E-state index contributed by atoms with van der Waals surface area (Å²) in [6.45, 7) is 6.28. The van der Waals surface area contributed by atoms with Crippen molar-refractivity contribution in [1.29, 1.82) is 0 Å². The van der Waals surface area contributed by atoms with Crippen molar-refractivity contribution in [2.75, 3.05) is 13.2 Å². The molecule has 0 aromatic rings. The molecule has 0 saturated heterocycles. The molecule has 0 spiro atoms. The number of carbonyl (C=O) groups is 3. The second-order valence-electron chi connectivity index (χ2n) is 18.8. The molecule has 1 atom stereocenters. The quantitative estimate of drug-likeness (QED) is 0.0261. The monoisotopic (exact) mass is 983 g/mol. The van der Waals surface area contributed by atoms with Gasteiger partial charge in [0.25, 0.3) is 0 Å². The van der Waals surface area contributed by atoms with Crippen LogP contribution >= 0.6 is 0 Å². The molecule has 402 valence electrons. The van der Waals surface area contributed by atoms with Crippen molar-refractivity contribution in [3.8, 4) is 0 Å². The van der Waals surface area contributed by atoms with Gasteiger partial charge in [-0.1, -0.05) is 232 Å². The van der Waals surface area contributed by atoms with Crippen LogP contribution in [-0.2, 0) is 28.6 Å². The first-order valence-electron chi connectivity index (χ1n) is 29.0.